The molecule has 3 rings (SSSR count). The van der Waals surface area contributed by atoms with Gasteiger partial charge in [-0.2, -0.15) is 5.10 Å². The molecule has 1 aromatic carbocycles. The average Bonchev–Trinajstić information content (AvgIpc) is 3.32. The topological polar surface area (TPSA) is 96.1 Å². The molecule has 0 saturated heterocycles. The first kappa shape index (κ1) is 17.7. The first-order valence-corrected chi connectivity index (χ1v) is 8.94. The highest BCUT2D eigenvalue weighted by atomic mass is 32.1. The van der Waals surface area contributed by atoms with Crippen LogP contribution >= 0.6 is 11.3 Å². The van der Waals surface area contributed by atoms with Crippen molar-refractivity contribution in [2.75, 3.05) is 18.5 Å². The first-order chi connectivity index (χ1) is 12.7. The zero-order chi connectivity index (χ0) is 18.4. The lowest BCUT2D eigenvalue weighted by Gasteiger charge is -2.08. The van der Waals surface area contributed by atoms with Gasteiger partial charge in [-0.25, -0.2) is 0 Å². The lowest BCUT2D eigenvalue weighted by atomic mass is 10.2. The molecule has 2 amide bonds. The van der Waals surface area contributed by atoms with Crippen LogP contribution in [0.2, 0.25) is 0 Å². The van der Waals surface area contributed by atoms with Gasteiger partial charge < -0.3 is 15.4 Å². The van der Waals surface area contributed by atoms with Gasteiger partial charge in [-0.3, -0.25) is 14.7 Å². The molecule has 134 valence electrons. The maximum absolute atomic E-state index is 12.4. The van der Waals surface area contributed by atoms with Crippen molar-refractivity contribution in [1.29, 1.82) is 0 Å². The summed E-state index contributed by atoms with van der Waals surface area (Å²) in [4.78, 5) is 24.8. The van der Waals surface area contributed by atoms with Crippen molar-refractivity contribution in [2.45, 2.75) is 6.92 Å². The maximum atomic E-state index is 12.4. The monoisotopic (exact) mass is 370 g/mol. The van der Waals surface area contributed by atoms with Gasteiger partial charge in [-0.05, 0) is 36.6 Å². The summed E-state index contributed by atoms with van der Waals surface area (Å²) < 4.78 is 5.42. The number of ether oxygens (including phenoxy) is 1. The third-order valence-corrected chi connectivity index (χ3v) is 4.34. The molecule has 0 unspecified atom stereocenters. The minimum absolute atomic E-state index is 0.0746. The van der Waals surface area contributed by atoms with Crippen LogP contribution in [-0.2, 0) is 4.79 Å². The Hall–Kier alpha value is -3.13. The number of H-pyrrole nitrogens is 1. The van der Waals surface area contributed by atoms with Crippen molar-refractivity contribution >= 4 is 28.8 Å². The standard InChI is InChI=1S/C18H18N4O3S/c1-2-19-17(23)11-25-13-6-3-5-12(9-13)20-18(24)15-10-14(21-22-15)16-7-4-8-26-16/h3-10H,2,11H2,1H3,(H,19,23)(H,20,24)(H,21,22). The number of benzene rings is 1. The minimum Gasteiger partial charge on any atom is -0.484 e. The summed E-state index contributed by atoms with van der Waals surface area (Å²) >= 11 is 1.57. The van der Waals surface area contributed by atoms with E-state index in [4.69, 9.17) is 4.74 Å². The normalized spacial score (nSPS) is 10.3. The number of hydrogen-bond acceptors (Lipinski definition) is 5. The summed E-state index contributed by atoms with van der Waals surface area (Å²) in [6.45, 7) is 2.32. The number of likely N-dealkylation sites (N-methyl/N-ethyl adjacent to an activating group) is 1. The smallest absolute Gasteiger partial charge is 0.276 e. The Morgan fingerprint density at radius 2 is 2.12 bits per heavy atom. The van der Waals surface area contributed by atoms with Crippen molar-refractivity contribution in [2.24, 2.45) is 0 Å². The minimum atomic E-state index is -0.329. The van der Waals surface area contributed by atoms with Crippen molar-refractivity contribution in [3.05, 3.63) is 53.5 Å². The van der Waals surface area contributed by atoms with Gasteiger partial charge in [0.05, 0.1) is 10.6 Å². The Morgan fingerprint density at radius 3 is 2.88 bits per heavy atom. The molecular formula is C18H18N4O3S. The third kappa shape index (κ3) is 4.48. The van der Waals surface area contributed by atoms with E-state index in [1.165, 1.54) is 0 Å². The Balaban J connectivity index is 1.62. The molecule has 3 aromatic rings. The van der Waals surface area contributed by atoms with Gasteiger partial charge in [0.2, 0.25) is 0 Å². The fourth-order valence-electron chi connectivity index (χ4n) is 2.25. The van der Waals surface area contributed by atoms with Crippen molar-refractivity contribution in [3.8, 4) is 16.3 Å². The molecule has 26 heavy (non-hydrogen) atoms. The van der Waals surface area contributed by atoms with Crippen LogP contribution in [0.4, 0.5) is 5.69 Å². The molecule has 0 bridgehead atoms. The van der Waals surface area contributed by atoms with Crippen molar-refractivity contribution in [3.63, 3.8) is 0 Å². The molecular weight excluding hydrogens is 352 g/mol. The van der Waals surface area contributed by atoms with Crippen LogP contribution in [0.5, 0.6) is 5.75 Å². The molecule has 3 N–H and O–H groups in total. The lowest BCUT2D eigenvalue weighted by molar-refractivity contribution is -0.122. The molecule has 0 aliphatic heterocycles. The number of aromatic amines is 1. The van der Waals surface area contributed by atoms with Gasteiger partial charge in [0.1, 0.15) is 5.75 Å². The second-order valence-corrected chi connectivity index (χ2v) is 6.32. The van der Waals surface area contributed by atoms with Gasteiger partial charge in [-0.1, -0.05) is 12.1 Å². The Morgan fingerprint density at radius 1 is 1.23 bits per heavy atom. The van der Waals surface area contributed by atoms with Crippen molar-refractivity contribution in [1.82, 2.24) is 15.5 Å². The molecule has 2 aromatic heterocycles. The van der Waals surface area contributed by atoms with Crippen LogP contribution in [-0.4, -0.2) is 35.2 Å². The van der Waals surface area contributed by atoms with Crippen LogP contribution in [0, 0.1) is 0 Å². The van der Waals surface area contributed by atoms with Crippen LogP contribution in [0.15, 0.2) is 47.8 Å². The van der Waals surface area contributed by atoms with Gasteiger partial charge >= 0.3 is 0 Å². The number of anilines is 1. The average molecular weight is 370 g/mol. The number of aromatic nitrogens is 2. The van der Waals surface area contributed by atoms with E-state index in [1.54, 1.807) is 41.7 Å². The third-order valence-electron chi connectivity index (χ3n) is 3.43. The van der Waals surface area contributed by atoms with Crippen LogP contribution < -0.4 is 15.4 Å². The molecule has 0 atom stereocenters. The van der Waals surface area contributed by atoms with Gasteiger partial charge in [0, 0.05) is 18.3 Å². The predicted octanol–water partition coefficient (Wildman–Crippen LogP) is 2.91. The molecule has 0 aliphatic carbocycles. The van der Waals surface area contributed by atoms with Gasteiger partial charge in [0.25, 0.3) is 11.8 Å². The van der Waals surface area contributed by atoms with Crippen LogP contribution in [0.3, 0.4) is 0 Å². The maximum Gasteiger partial charge on any atom is 0.276 e. The molecule has 0 spiro atoms. The zero-order valence-corrected chi connectivity index (χ0v) is 14.9. The van der Waals surface area contributed by atoms with E-state index in [2.05, 4.69) is 20.8 Å². The van der Waals surface area contributed by atoms with Crippen LogP contribution in [0.25, 0.3) is 10.6 Å². The number of nitrogens with one attached hydrogen (secondary N) is 3. The highest BCUT2D eigenvalue weighted by Crippen LogP contribution is 2.23. The SMILES string of the molecule is CCNC(=O)COc1cccc(NC(=O)c2cc(-c3cccs3)[nH]n2)c1. The summed E-state index contributed by atoms with van der Waals surface area (Å²) in [6.07, 6.45) is 0. The Kier molecular flexibility index (Phi) is 5.65. The molecule has 0 fully saturated rings. The fraction of sp³-hybridized carbons (Fsp3) is 0.167. The number of amides is 2. The van der Waals surface area contributed by atoms with E-state index < -0.39 is 0 Å². The van der Waals surface area contributed by atoms with E-state index in [1.807, 2.05) is 24.4 Å². The molecule has 0 saturated carbocycles. The number of rotatable bonds is 7. The lowest BCUT2D eigenvalue weighted by Crippen LogP contribution is -2.28. The molecule has 7 nitrogen and oxygen atoms in total. The first-order valence-electron chi connectivity index (χ1n) is 8.06. The van der Waals surface area contributed by atoms with Gasteiger partial charge in [0.15, 0.2) is 12.3 Å². The molecule has 0 radical (unpaired) electrons. The summed E-state index contributed by atoms with van der Waals surface area (Å²) in [6, 6.07) is 12.5. The van der Waals surface area contributed by atoms with E-state index in [9.17, 15) is 9.59 Å². The van der Waals surface area contributed by atoms with E-state index in [0.717, 1.165) is 10.6 Å². The summed E-state index contributed by atoms with van der Waals surface area (Å²) in [5, 5.41) is 14.3. The fourth-order valence-corrected chi connectivity index (χ4v) is 2.94. The van der Waals surface area contributed by atoms with E-state index in [0.29, 0.717) is 23.7 Å². The predicted molar refractivity (Wildman–Crippen MR) is 100 cm³/mol. The number of nitrogens with zero attached hydrogens (tertiary/aromatic N) is 1. The molecule has 0 aliphatic rings. The largest absolute Gasteiger partial charge is 0.484 e. The zero-order valence-electron chi connectivity index (χ0n) is 14.1. The van der Waals surface area contributed by atoms with Gasteiger partial charge in [-0.15, -0.1) is 11.3 Å². The Bertz CT molecular complexity index is 889. The second-order valence-electron chi connectivity index (χ2n) is 5.37. The number of carbonyl (C=O) groups excluding carboxylic acids is 2. The quantitative estimate of drug-likeness (QED) is 0.596. The number of carbonyl (C=O) groups is 2. The number of hydrogen-bond donors (Lipinski definition) is 3. The second kappa shape index (κ2) is 8.30. The summed E-state index contributed by atoms with van der Waals surface area (Å²) in [5.41, 5.74) is 1.65. The summed E-state index contributed by atoms with van der Waals surface area (Å²) in [7, 11) is 0. The highest BCUT2D eigenvalue weighted by Gasteiger charge is 2.12. The molecule has 8 heteroatoms. The highest BCUT2D eigenvalue weighted by molar-refractivity contribution is 7.13. The number of thiophene rings is 1. The van der Waals surface area contributed by atoms with E-state index in [-0.39, 0.29) is 18.4 Å². The van der Waals surface area contributed by atoms with Crippen LogP contribution in [0.1, 0.15) is 17.4 Å². The Labute approximate surface area is 154 Å². The summed E-state index contributed by atoms with van der Waals surface area (Å²) in [5.74, 6) is -0.0279. The van der Waals surface area contributed by atoms with E-state index >= 15 is 0 Å². The molecule has 2 heterocycles. The van der Waals surface area contributed by atoms with Crippen molar-refractivity contribution < 1.29 is 14.3 Å².